The number of methoxy groups -OCH3 is 2. The Hall–Kier alpha value is -4.82. The van der Waals surface area contributed by atoms with E-state index in [4.69, 9.17) is 19.9 Å². The predicted molar refractivity (Wildman–Crippen MR) is 154 cm³/mol. The summed E-state index contributed by atoms with van der Waals surface area (Å²) < 4.78 is 16.3. The second kappa shape index (κ2) is 13.8. The molecule has 4 aromatic carbocycles. The molecule has 0 spiro atoms. The van der Waals surface area contributed by atoms with E-state index in [-0.39, 0.29) is 18.4 Å². The highest BCUT2D eigenvalue weighted by molar-refractivity contribution is 6.04. The molecule has 0 aliphatic rings. The number of nitrogens with two attached hydrogens (primary N) is 1. The second-order valence-corrected chi connectivity index (χ2v) is 9.10. The molecule has 0 bridgehead atoms. The summed E-state index contributed by atoms with van der Waals surface area (Å²) in [5, 5.41) is 2.89. The number of ether oxygens (including phenoxy) is 3. The predicted octanol–water partition coefficient (Wildman–Crippen LogP) is 5.02. The Morgan fingerprint density at radius 2 is 1.45 bits per heavy atom. The first-order valence-electron chi connectivity index (χ1n) is 12.8. The van der Waals surface area contributed by atoms with Crippen LogP contribution in [-0.2, 0) is 24.4 Å². The van der Waals surface area contributed by atoms with Crippen molar-refractivity contribution >= 4 is 17.5 Å². The van der Waals surface area contributed by atoms with E-state index in [9.17, 15) is 9.59 Å². The molecule has 0 fully saturated rings. The molecule has 0 heterocycles. The van der Waals surface area contributed by atoms with Gasteiger partial charge in [-0.25, -0.2) is 0 Å². The van der Waals surface area contributed by atoms with Crippen LogP contribution < -0.4 is 25.3 Å². The second-order valence-electron chi connectivity index (χ2n) is 9.10. The van der Waals surface area contributed by atoms with Gasteiger partial charge in [0.05, 0.1) is 14.2 Å². The van der Waals surface area contributed by atoms with E-state index in [1.54, 1.807) is 30.2 Å². The molecule has 0 saturated heterocycles. The molecule has 8 nitrogen and oxygen atoms in total. The Balaban J connectivity index is 1.45. The highest BCUT2D eigenvalue weighted by Crippen LogP contribution is 2.28. The third-order valence-corrected chi connectivity index (χ3v) is 6.29. The topological polar surface area (TPSA) is 103 Å². The third kappa shape index (κ3) is 7.61. The fourth-order valence-electron chi connectivity index (χ4n) is 4.16. The van der Waals surface area contributed by atoms with Gasteiger partial charge in [0.2, 0.25) is 0 Å². The van der Waals surface area contributed by atoms with Crippen LogP contribution >= 0.6 is 0 Å². The molecule has 4 aromatic rings. The third-order valence-electron chi connectivity index (χ3n) is 6.29. The zero-order chi connectivity index (χ0) is 28.3. The van der Waals surface area contributed by atoms with Crippen LogP contribution in [0.25, 0.3) is 0 Å². The van der Waals surface area contributed by atoms with Gasteiger partial charge in [-0.15, -0.1) is 0 Å². The van der Waals surface area contributed by atoms with Gasteiger partial charge in [0.15, 0.2) is 18.1 Å². The molecule has 4 rings (SSSR count). The van der Waals surface area contributed by atoms with Gasteiger partial charge in [-0.3, -0.25) is 9.59 Å². The van der Waals surface area contributed by atoms with E-state index in [0.717, 1.165) is 16.7 Å². The first-order valence-corrected chi connectivity index (χ1v) is 12.8. The number of carbonyl (C=O) groups is 2. The molecule has 0 unspecified atom stereocenters. The van der Waals surface area contributed by atoms with Crippen molar-refractivity contribution in [3.05, 3.63) is 119 Å². The Labute approximate surface area is 234 Å². The largest absolute Gasteiger partial charge is 0.493 e. The van der Waals surface area contributed by atoms with Crippen LogP contribution in [-0.4, -0.2) is 37.5 Å². The van der Waals surface area contributed by atoms with E-state index >= 15 is 0 Å². The Morgan fingerprint density at radius 3 is 2.15 bits per heavy atom. The molecule has 206 valence electrons. The molecule has 2 amide bonds. The summed E-state index contributed by atoms with van der Waals surface area (Å²) in [6.07, 6.45) is 0. The lowest BCUT2D eigenvalue weighted by molar-refractivity contribution is -0.134. The quantitative estimate of drug-likeness (QED) is 0.262. The van der Waals surface area contributed by atoms with E-state index in [1.165, 1.54) is 7.11 Å². The van der Waals surface area contributed by atoms with Crippen molar-refractivity contribution in [3.8, 4) is 17.2 Å². The van der Waals surface area contributed by atoms with Gasteiger partial charge in [-0.05, 0) is 59.2 Å². The maximum absolute atomic E-state index is 13.2. The van der Waals surface area contributed by atoms with Gasteiger partial charge in [0, 0.05) is 30.9 Å². The molecule has 8 heteroatoms. The molecular weight excluding hydrogens is 506 g/mol. The van der Waals surface area contributed by atoms with Gasteiger partial charge < -0.3 is 30.2 Å². The first kappa shape index (κ1) is 28.2. The van der Waals surface area contributed by atoms with Crippen LogP contribution in [0.2, 0.25) is 0 Å². The summed E-state index contributed by atoms with van der Waals surface area (Å²) in [5.41, 5.74) is 9.78. The van der Waals surface area contributed by atoms with Gasteiger partial charge in [0.1, 0.15) is 5.75 Å². The van der Waals surface area contributed by atoms with E-state index < -0.39 is 0 Å². The van der Waals surface area contributed by atoms with Crippen LogP contribution in [0, 0.1) is 0 Å². The Kier molecular flexibility index (Phi) is 9.74. The minimum Gasteiger partial charge on any atom is -0.493 e. The normalized spacial score (nSPS) is 10.5. The molecule has 0 atom stereocenters. The van der Waals surface area contributed by atoms with Gasteiger partial charge in [0.25, 0.3) is 11.8 Å². The van der Waals surface area contributed by atoms with Gasteiger partial charge in [-0.2, -0.15) is 0 Å². The maximum Gasteiger partial charge on any atom is 0.261 e. The molecule has 0 radical (unpaired) electrons. The van der Waals surface area contributed by atoms with Crippen LogP contribution in [0.5, 0.6) is 17.2 Å². The lowest BCUT2D eigenvalue weighted by atomic mass is 10.1. The molecule has 0 saturated carbocycles. The number of hydrogen-bond acceptors (Lipinski definition) is 6. The van der Waals surface area contributed by atoms with Gasteiger partial charge >= 0.3 is 0 Å². The average Bonchev–Trinajstić information content (AvgIpc) is 3.00. The zero-order valence-electron chi connectivity index (χ0n) is 22.6. The molecule has 3 N–H and O–H groups in total. The molecule has 0 aromatic heterocycles. The number of para-hydroxylation sites is 1. The van der Waals surface area contributed by atoms with Crippen molar-refractivity contribution in [2.24, 2.45) is 5.73 Å². The van der Waals surface area contributed by atoms with E-state index in [0.29, 0.717) is 48.1 Å². The van der Waals surface area contributed by atoms with Crippen LogP contribution in [0.15, 0.2) is 97.1 Å². The number of rotatable bonds is 12. The van der Waals surface area contributed by atoms with Crippen LogP contribution in [0.3, 0.4) is 0 Å². The number of hydrogen-bond donors (Lipinski definition) is 2. The summed E-state index contributed by atoms with van der Waals surface area (Å²) in [6.45, 7) is 1.12. The number of carbonyl (C=O) groups excluding carboxylic acids is 2. The molecular formula is C32H33N3O5. The molecule has 0 aliphatic carbocycles. The summed E-state index contributed by atoms with van der Waals surface area (Å²) in [4.78, 5) is 27.8. The fourth-order valence-corrected chi connectivity index (χ4v) is 4.16. The SMILES string of the molecule is COc1ccc(C(=O)Nc2ccc(CN(Cc3cccc(CN)c3)C(=O)COc3ccccc3)cc2)cc1OC. The van der Waals surface area contributed by atoms with Crippen molar-refractivity contribution in [2.45, 2.75) is 19.6 Å². The Morgan fingerprint density at radius 1 is 0.750 bits per heavy atom. The number of nitrogens with zero attached hydrogens (tertiary/aromatic N) is 1. The van der Waals surface area contributed by atoms with E-state index in [2.05, 4.69) is 5.32 Å². The first-order chi connectivity index (χ1) is 19.5. The smallest absolute Gasteiger partial charge is 0.261 e. The molecule has 0 aliphatic heterocycles. The highest BCUT2D eigenvalue weighted by Gasteiger charge is 2.17. The van der Waals surface area contributed by atoms with Crippen LogP contribution in [0.4, 0.5) is 5.69 Å². The van der Waals surface area contributed by atoms with Gasteiger partial charge in [-0.1, -0.05) is 54.6 Å². The number of amides is 2. The number of nitrogens with one attached hydrogen (secondary N) is 1. The van der Waals surface area contributed by atoms with E-state index in [1.807, 2.05) is 78.9 Å². The monoisotopic (exact) mass is 539 g/mol. The van der Waals surface area contributed by atoms with Crippen LogP contribution in [0.1, 0.15) is 27.0 Å². The molecule has 40 heavy (non-hydrogen) atoms. The zero-order valence-corrected chi connectivity index (χ0v) is 22.6. The Bertz CT molecular complexity index is 1420. The number of benzene rings is 4. The lowest BCUT2D eigenvalue weighted by Gasteiger charge is -2.24. The maximum atomic E-state index is 13.2. The summed E-state index contributed by atoms with van der Waals surface area (Å²) in [6, 6.07) is 29.5. The highest BCUT2D eigenvalue weighted by atomic mass is 16.5. The summed E-state index contributed by atoms with van der Waals surface area (Å²) in [7, 11) is 3.07. The minimum absolute atomic E-state index is 0.0833. The van der Waals surface area contributed by atoms with Crippen molar-refractivity contribution in [1.29, 1.82) is 0 Å². The van der Waals surface area contributed by atoms with Crippen molar-refractivity contribution in [1.82, 2.24) is 4.90 Å². The fraction of sp³-hybridized carbons (Fsp3) is 0.188. The van der Waals surface area contributed by atoms with Crippen molar-refractivity contribution in [2.75, 3.05) is 26.1 Å². The summed E-state index contributed by atoms with van der Waals surface area (Å²) in [5.74, 6) is 1.24. The lowest BCUT2D eigenvalue weighted by Crippen LogP contribution is -2.34. The summed E-state index contributed by atoms with van der Waals surface area (Å²) >= 11 is 0. The minimum atomic E-state index is -0.275. The van der Waals surface area contributed by atoms with Crippen molar-refractivity contribution in [3.63, 3.8) is 0 Å². The van der Waals surface area contributed by atoms with Crippen molar-refractivity contribution < 1.29 is 23.8 Å². The standard InChI is InChI=1S/C32H33N3O5/c1-38-29-16-13-26(18-30(29)39-2)32(37)34-27-14-11-23(12-15-27)20-35(21-25-8-6-7-24(17-25)19-33)31(36)22-40-28-9-4-3-5-10-28/h3-18H,19-22,33H2,1-2H3,(H,34,37). The number of anilines is 1. The average molecular weight is 540 g/mol.